The van der Waals surface area contributed by atoms with E-state index in [2.05, 4.69) is 32.5 Å². The van der Waals surface area contributed by atoms with Crippen LogP contribution in [0.25, 0.3) is 0 Å². The highest BCUT2D eigenvalue weighted by Crippen LogP contribution is 2.23. The van der Waals surface area contributed by atoms with Gasteiger partial charge in [0.05, 0.1) is 6.04 Å². The summed E-state index contributed by atoms with van der Waals surface area (Å²) in [5.74, 6) is -0.232. The van der Waals surface area contributed by atoms with Crippen LogP contribution in [-0.2, 0) is 11.3 Å². The van der Waals surface area contributed by atoms with Crippen molar-refractivity contribution in [1.29, 1.82) is 0 Å². The molecule has 1 N–H and O–H groups in total. The number of piperidine rings is 1. The molecule has 1 aromatic carbocycles. The molecule has 0 saturated carbocycles. The van der Waals surface area contributed by atoms with Gasteiger partial charge in [0.1, 0.15) is 5.01 Å². The van der Waals surface area contributed by atoms with Gasteiger partial charge in [-0.3, -0.25) is 14.5 Å². The molecule has 0 spiro atoms. The van der Waals surface area contributed by atoms with E-state index < -0.39 is 0 Å². The summed E-state index contributed by atoms with van der Waals surface area (Å²) in [6, 6.07) is 8.02. The number of nitrogens with one attached hydrogen (secondary N) is 1. The van der Waals surface area contributed by atoms with Crippen molar-refractivity contribution in [1.82, 2.24) is 20.4 Å². The van der Waals surface area contributed by atoms with E-state index in [0.717, 1.165) is 17.2 Å². The maximum Gasteiger partial charge on any atom is 0.282 e. The van der Waals surface area contributed by atoms with E-state index >= 15 is 0 Å². The first-order valence-corrected chi connectivity index (χ1v) is 10.6. The van der Waals surface area contributed by atoms with E-state index in [1.165, 1.54) is 49.3 Å². The summed E-state index contributed by atoms with van der Waals surface area (Å²) in [6.45, 7) is 5.59. The molecule has 2 fully saturated rings. The molecule has 1 unspecified atom stereocenters. The number of hydrogen-bond acceptors (Lipinski definition) is 6. The van der Waals surface area contributed by atoms with Crippen LogP contribution in [0.2, 0.25) is 0 Å². The number of aromatic nitrogens is 2. The quantitative estimate of drug-likeness (QED) is 0.835. The van der Waals surface area contributed by atoms with Crippen LogP contribution in [0, 0.1) is 6.92 Å². The number of rotatable bonds is 5. The molecule has 0 aliphatic carbocycles. The average molecular weight is 400 g/mol. The van der Waals surface area contributed by atoms with Gasteiger partial charge >= 0.3 is 0 Å². The van der Waals surface area contributed by atoms with Crippen LogP contribution in [0.5, 0.6) is 0 Å². The monoisotopic (exact) mass is 399 g/mol. The van der Waals surface area contributed by atoms with E-state index in [9.17, 15) is 9.59 Å². The summed E-state index contributed by atoms with van der Waals surface area (Å²) in [6.07, 6.45) is 4.20. The lowest BCUT2D eigenvalue weighted by Crippen LogP contribution is -2.37. The molecule has 28 heavy (non-hydrogen) atoms. The van der Waals surface area contributed by atoms with E-state index in [1.54, 1.807) is 4.90 Å². The molecule has 3 heterocycles. The zero-order valence-electron chi connectivity index (χ0n) is 16.1. The van der Waals surface area contributed by atoms with Crippen LogP contribution in [0.15, 0.2) is 24.3 Å². The number of carbonyl (C=O) groups is 2. The molecular formula is C20H25N5O2S. The van der Waals surface area contributed by atoms with Gasteiger partial charge in [0, 0.05) is 25.2 Å². The lowest BCUT2D eigenvalue weighted by molar-refractivity contribution is -0.117. The Kier molecular flexibility index (Phi) is 5.68. The van der Waals surface area contributed by atoms with E-state index in [4.69, 9.17) is 0 Å². The predicted octanol–water partition coefficient (Wildman–Crippen LogP) is 2.37. The Morgan fingerprint density at radius 3 is 2.61 bits per heavy atom. The summed E-state index contributed by atoms with van der Waals surface area (Å²) in [5, 5.41) is 11.7. The number of nitrogens with zero attached hydrogens (tertiary/aromatic N) is 4. The normalized spacial score (nSPS) is 20.5. The zero-order chi connectivity index (χ0) is 19.5. The van der Waals surface area contributed by atoms with Gasteiger partial charge < -0.3 is 10.2 Å². The molecule has 2 aromatic rings. The van der Waals surface area contributed by atoms with Crippen LogP contribution in [0.1, 0.15) is 46.1 Å². The molecule has 8 heteroatoms. The van der Waals surface area contributed by atoms with Crippen LogP contribution in [0.3, 0.4) is 0 Å². The lowest BCUT2D eigenvalue weighted by atomic mass is 10.1. The van der Waals surface area contributed by atoms with Crippen LogP contribution < -0.4 is 10.2 Å². The van der Waals surface area contributed by atoms with Crippen LogP contribution >= 0.6 is 11.3 Å². The van der Waals surface area contributed by atoms with Crippen molar-refractivity contribution in [2.75, 3.05) is 24.5 Å². The van der Waals surface area contributed by atoms with Gasteiger partial charge in [-0.15, -0.1) is 10.2 Å². The Morgan fingerprint density at radius 2 is 1.93 bits per heavy atom. The van der Waals surface area contributed by atoms with Crippen LogP contribution in [-0.4, -0.2) is 52.6 Å². The maximum atomic E-state index is 12.5. The Morgan fingerprint density at radius 1 is 1.18 bits per heavy atom. The number of benzene rings is 1. The average Bonchev–Trinajstić information content (AvgIpc) is 3.29. The van der Waals surface area contributed by atoms with Gasteiger partial charge in [-0.1, -0.05) is 29.9 Å². The molecular weight excluding hydrogens is 374 g/mol. The molecule has 0 radical (unpaired) electrons. The van der Waals surface area contributed by atoms with Gasteiger partial charge in [-0.05, 0) is 50.6 Å². The first kappa shape index (κ1) is 19.0. The summed E-state index contributed by atoms with van der Waals surface area (Å²) < 4.78 is 0. The van der Waals surface area contributed by atoms with Crippen LogP contribution in [0.4, 0.5) is 5.69 Å². The second-order valence-corrected chi connectivity index (χ2v) is 8.69. The summed E-state index contributed by atoms with van der Waals surface area (Å²) >= 11 is 1.26. The van der Waals surface area contributed by atoms with Crippen molar-refractivity contribution in [2.24, 2.45) is 0 Å². The molecule has 2 amide bonds. The molecule has 2 aliphatic heterocycles. The molecule has 1 atom stereocenters. The van der Waals surface area contributed by atoms with Gasteiger partial charge in [0.15, 0.2) is 0 Å². The summed E-state index contributed by atoms with van der Waals surface area (Å²) in [5.41, 5.74) is 2.16. The highest BCUT2D eigenvalue weighted by Gasteiger charge is 2.32. The minimum absolute atomic E-state index is 0.0301. The van der Waals surface area contributed by atoms with Gasteiger partial charge in [-0.25, -0.2) is 0 Å². The fourth-order valence-electron chi connectivity index (χ4n) is 3.85. The Labute approximate surface area is 168 Å². The standard InChI is InChI=1S/C20H25N5O2S/c1-14-22-23-20(28-14)19(27)21-16-11-18(26)25(13-16)17-7-5-15(6-8-17)12-24-9-3-2-4-10-24/h5-8,16H,2-4,9-13H2,1H3,(H,21,27). The second kappa shape index (κ2) is 8.36. The van der Waals surface area contributed by atoms with Gasteiger partial charge in [0.2, 0.25) is 10.9 Å². The van der Waals surface area contributed by atoms with Crippen molar-refractivity contribution in [3.05, 3.63) is 39.8 Å². The van der Waals surface area contributed by atoms with Crippen molar-refractivity contribution in [3.63, 3.8) is 0 Å². The van der Waals surface area contributed by atoms with Crippen molar-refractivity contribution < 1.29 is 9.59 Å². The lowest BCUT2D eigenvalue weighted by Gasteiger charge is -2.26. The second-order valence-electron chi connectivity index (χ2n) is 7.51. The number of anilines is 1. The minimum atomic E-state index is -0.262. The Balaban J connectivity index is 1.35. The van der Waals surface area contributed by atoms with E-state index in [-0.39, 0.29) is 17.9 Å². The Bertz CT molecular complexity index is 845. The summed E-state index contributed by atoms with van der Waals surface area (Å²) in [7, 11) is 0. The van der Waals surface area contributed by atoms with E-state index in [1.807, 2.05) is 19.1 Å². The molecule has 7 nitrogen and oxygen atoms in total. The van der Waals surface area contributed by atoms with Crippen molar-refractivity contribution in [2.45, 2.75) is 45.2 Å². The number of carbonyl (C=O) groups excluding carboxylic acids is 2. The molecule has 0 bridgehead atoms. The largest absolute Gasteiger partial charge is 0.345 e. The van der Waals surface area contributed by atoms with Gasteiger partial charge in [-0.2, -0.15) is 0 Å². The fraction of sp³-hybridized carbons (Fsp3) is 0.500. The predicted molar refractivity (Wildman–Crippen MR) is 108 cm³/mol. The minimum Gasteiger partial charge on any atom is -0.345 e. The maximum absolute atomic E-state index is 12.5. The van der Waals surface area contributed by atoms with Crippen molar-refractivity contribution >= 4 is 28.8 Å². The number of aryl methyl sites for hydroxylation is 1. The molecule has 148 valence electrons. The first-order valence-electron chi connectivity index (χ1n) is 9.81. The number of amides is 2. The topological polar surface area (TPSA) is 78.4 Å². The molecule has 1 aromatic heterocycles. The summed E-state index contributed by atoms with van der Waals surface area (Å²) in [4.78, 5) is 28.9. The third kappa shape index (κ3) is 4.39. The SMILES string of the molecule is Cc1nnc(C(=O)NC2CC(=O)N(c3ccc(CN4CCCCC4)cc3)C2)s1. The third-order valence-electron chi connectivity index (χ3n) is 5.28. The number of likely N-dealkylation sites (tertiary alicyclic amines) is 1. The molecule has 2 saturated heterocycles. The smallest absolute Gasteiger partial charge is 0.282 e. The van der Waals surface area contributed by atoms with Gasteiger partial charge in [0.25, 0.3) is 5.91 Å². The highest BCUT2D eigenvalue weighted by atomic mass is 32.1. The van der Waals surface area contributed by atoms with Crippen molar-refractivity contribution in [3.8, 4) is 0 Å². The molecule has 4 rings (SSSR count). The third-order valence-corrected chi connectivity index (χ3v) is 6.12. The first-order chi connectivity index (χ1) is 13.6. The zero-order valence-corrected chi connectivity index (χ0v) is 16.9. The fourth-order valence-corrected chi connectivity index (χ4v) is 4.44. The number of hydrogen-bond donors (Lipinski definition) is 1. The highest BCUT2D eigenvalue weighted by molar-refractivity contribution is 7.13. The molecule has 2 aliphatic rings. The Hall–Kier alpha value is -2.32. The van der Waals surface area contributed by atoms with E-state index in [0.29, 0.717) is 18.0 Å².